The Hall–Kier alpha value is -1.83. The zero-order valence-corrected chi connectivity index (χ0v) is 14.9. The number of amides is 1. The minimum Gasteiger partial charge on any atom is -0.336 e. The van der Waals surface area contributed by atoms with E-state index in [1.165, 1.54) is 22.7 Å². The molecule has 23 heavy (non-hydrogen) atoms. The van der Waals surface area contributed by atoms with Crippen LogP contribution in [0.15, 0.2) is 30.6 Å². The van der Waals surface area contributed by atoms with Crippen molar-refractivity contribution in [3.63, 3.8) is 0 Å². The molecule has 8 heteroatoms. The van der Waals surface area contributed by atoms with Gasteiger partial charge in [0.15, 0.2) is 10.8 Å². The van der Waals surface area contributed by atoms with Crippen molar-refractivity contribution in [1.29, 1.82) is 0 Å². The Labute approximate surface area is 146 Å². The van der Waals surface area contributed by atoms with E-state index in [0.717, 1.165) is 9.21 Å². The Balaban J connectivity index is 1.81. The molecule has 0 aliphatic heterocycles. The van der Waals surface area contributed by atoms with Crippen LogP contribution in [0.1, 0.15) is 20.2 Å². The predicted octanol–water partition coefficient (Wildman–Crippen LogP) is 3.90. The Bertz CT molecular complexity index is 831. The maximum absolute atomic E-state index is 12.6. The number of thiophene rings is 1. The van der Waals surface area contributed by atoms with Crippen LogP contribution in [-0.2, 0) is 6.54 Å². The number of halogens is 1. The fourth-order valence-electron chi connectivity index (χ4n) is 2.02. The highest BCUT2D eigenvalue weighted by Gasteiger charge is 2.21. The van der Waals surface area contributed by atoms with E-state index >= 15 is 0 Å². The van der Waals surface area contributed by atoms with Crippen molar-refractivity contribution in [1.82, 2.24) is 19.9 Å². The molecule has 3 heterocycles. The van der Waals surface area contributed by atoms with Crippen LogP contribution in [0.25, 0.3) is 10.8 Å². The van der Waals surface area contributed by atoms with Crippen LogP contribution in [-0.4, -0.2) is 32.8 Å². The summed E-state index contributed by atoms with van der Waals surface area (Å²) in [6, 6.07) is 5.51. The molecule has 5 nitrogen and oxygen atoms in total. The number of carbonyl (C=O) groups is 1. The standard InChI is InChI=1S/C15H13ClN4OS2/c1-9-12(23-14(19-9)13-17-6-3-7-18-13)15(21)20(2)8-10-4-5-11(16)22-10/h3-7H,8H2,1-2H3. The summed E-state index contributed by atoms with van der Waals surface area (Å²) < 4.78 is 0.721. The van der Waals surface area contributed by atoms with Gasteiger partial charge in [0, 0.05) is 24.3 Å². The SMILES string of the molecule is Cc1nc(-c2ncccn2)sc1C(=O)N(C)Cc1ccc(Cl)s1. The largest absolute Gasteiger partial charge is 0.336 e. The first-order valence-corrected chi connectivity index (χ1v) is 8.80. The third-order valence-electron chi connectivity index (χ3n) is 3.12. The van der Waals surface area contributed by atoms with E-state index in [1.54, 1.807) is 30.4 Å². The highest BCUT2D eigenvalue weighted by atomic mass is 35.5. The van der Waals surface area contributed by atoms with Gasteiger partial charge in [-0.05, 0) is 25.1 Å². The van der Waals surface area contributed by atoms with Crippen LogP contribution in [0.2, 0.25) is 4.34 Å². The molecule has 118 valence electrons. The van der Waals surface area contributed by atoms with Gasteiger partial charge in [-0.25, -0.2) is 15.0 Å². The number of aromatic nitrogens is 3. The normalized spacial score (nSPS) is 10.7. The third kappa shape index (κ3) is 3.57. The highest BCUT2D eigenvalue weighted by Crippen LogP contribution is 2.27. The number of hydrogen-bond acceptors (Lipinski definition) is 6. The highest BCUT2D eigenvalue weighted by molar-refractivity contribution is 7.17. The second-order valence-electron chi connectivity index (χ2n) is 4.87. The molecule has 0 atom stereocenters. The molecule has 0 fully saturated rings. The van der Waals surface area contributed by atoms with E-state index in [4.69, 9.17) is 11.6 Å². The summed E-state index contributed by atoms with van der Waals surface area (Å²) in [6.07, 6.45) is 3.32. The molecular formula is C15H13ClN4OS2. The number of hydrogen-bond donors (Lipinski definition) is 0. The fraction of sp³-hybridized carbons (Fsp3) is 0.200. The Kier molecular flexibility index (Phi) is 4.70. The van der Waals surface area contributed by atoms with Crippen LogP contribution in [0.4, 0.5) is 0 Å². The van der Waals surface area contributed by atoms with Gasteiger partial charge in [-0.15, -0.1) is 22.7 Å². The summed E-state index contributed by atoms with van der Waals surface area (Å²) in [5, 5.41) is 0.652. The van der Waals surface area contributed by atoms with Gasteiger partial charge in [0.2, 0.25) is 0 Å². The number of aryl methyl sites for hydroxylation is 1. The second-order valence-corrected chi connectivity index (χ2v) is 7.67. The Morgan fingerprint density at radius 2 is 2.00 bits per heavy atom. The molecule has 0 radical (unpaired) electrons. The average Bonchev–Trinajstić information content (AvgIpc) is 3.13. The number of rotatable bonds is 4. The smallest absolute Gasteiger partial charge is 0.265 e. The third-order valence-corrected chi connectivity index (χ3v) is 5.47. The summed E-state index contributed by atoms with van der Waals surface area (Å²) in [4.78, 5) is 28.7. The lowest BCUT2D eigenvalue weighted by molar-refractivity contribution is 0.0790. The molecular weight excluding hydrogens is 352 g/mol. The topological polar surface area (TPSA) is 59.0 Å². The molecule has 0 N–H and O–H groups in total. The van der Waals surface area contributed by atoms with Gasteiger partial charge >= 0.3 is 0 Å². The van der Waals surface area contributed by atoms with E-state index in [-0.39, 0.29) is 5.91 Å². The number of thiazole rings is 1. The average molecular weight is 365 g/mol. The molecule has 0 saturated heterocycles. The predicted molar refractivity (Wildman–Crippen MR) is 93.0 cm³/mol. The van der Waals surface area contributed by atoms with E-state index < -0.39 is 0 Å². The first-order chi connectivity index (χ1) is 11.0. The molecule has 0 unspecified atom stereocenters. The van der Waals surface area contributed by atoms with Gasteiger partial charge in [-0.3, -0.25) is 4.79 Å². The van der Waals surface area contributed by atoms with Crippen LogP contribution in [0.3, 0.4) is 0 Å². The number of nitrogens with zero attached hydrogens (tertiary/aromatic N) is 4. The second kappa shape index (κ2) is 6.74. The zero-order valence-electron chi connectivity index (χ0n) is 12.5. The van der Waals surface area contributed by atoms with Crippen LogP contribution in [0, 0.1) is 6.92 Å². The summed E-state index contributed by atoms with van der Waals surface area (Å²) in [6.45, 7) is 2.34. The molecule has 1 amide bonds. The summed E-state index contributed by atoms with van der Waals surface area (Å²) in [5.74, 6) is 0.471. The minimum absolute atomic E-state index is 0.0632. The summed E-state index contributed by atoms with van der Waals surface area (Å²) >= 11 is 8.72. The monoisotopic (exact) mass is 364 g/mol. The molecule has 3 aromatic heterocycles. The van der Waals surface area contributed by atoms with Crippen LogP contribution >= 0.6 is 34.3 Å². The lowest BCUT2D eigenvalue weighted by Gasteiger charge is -2.15. The van der Waals surface area contributed by atoms with Crippen molar-refractivity contribution in [2.24, 2.45) is 0 Å². The van der Waals surface area contributed by atoms with E-state index in [2.05, 4.69) is 15.0 Å². The quantitative estimate of drug-likeness (QED) is 0.704. The van der Waals surface area contributed by atoms with Gasteiger partial charge in [0.05, 0.1) is 16.6 Å². The van der Waals surface area contributed by atoms with E-state index in [1.807, 2.05) is 19.1 Å². The van der Waals surface area contributed by atoms with E-state index in [9.17, 15) is 4.79 Å². The lowest BCUT2D eigenvalue weighted by Crippen LogP contribution is -2.25. The van der Waals surface area contributed by atoms with Crippen molar-refractivity contribution in [3.8, 4) is 10.8 Å². The summed E-state index contributed by atoms with van der Waals surface area (Å²) in [7, 11) is 1.77. The van der Waals surface area contributed by atoms with Gasteiger partial charge in [-0.1, -0.05) is 11.6 Å². The summed E-state index contributed by atoms with van der Waals surface area (Å²) in [5.41, 5.74) is 0.693. The van der Waals surface area contributed by atoms with E-state index in [0.29, 0.717) is 27.9 Å². The Morgan fingerprint density at radius 1 is 1.26 bits per heavy atom. The molecule has 0 aromatic carbocycles. The first kappa shape index (κ1) is 16.0. The van der Waals surface area contributed by atoms with Crippen molar-refractivity contribution in [3.05, 3.63) is 50.4 Å². The van der Waals surface area contributed by atoms with Crippen molar-refractivity contribution < 1.29 is 4.79 Å². The van der Waals surface area contributed by atoms with Gasteiger partial charge in [0.25, 0.3) is 5.91 Å². The first-order valence-electron chi connectivity index (χ1n) is 6.79. The fourth-order valence-corrected chi connectivity index (χ4v) is 4.17. The van der Waals surface area contributed by atoms with Gasteiger partial charge in [-0.2, -0.15) is 0 Å². The maximum Gasteiger partial charge on any atom is 0.265 e. The zero-order chi connectivity index (χ0) is 16.4. The molecule has 0 aliphatic rings. The van der Waals surface area contributed by atoms with Gasteiger partial charge < -0.3 is 4.90 Å². The van der Waals surface area contributed by atoms with Crippen molar-refractivity contribution >= 4 is 40.2 Å². The minimum atomic E-state index is -0.0632. The number of carbonyl (C=O) groups excluding carboxylic acids is 1. The Morgan fingerprint density at radius 3 is 2.65 bits per heavy atom. The molecule has 3 aromatic rings. The van der Waals surface area contributed by atoms with Crippen LogP contribution < -0.4 is 0 Å². The molecule has 0 bridgehead atoms. The molecule has 0 spiro atoms. The maximum atomic E-state index is 12.6. The lowest BCUT2D eigenvalue weighted by atomic mass is 10.3. The van der Waals surface area contributed by atoms with Crippen molar-refractivity contribution in [2.75, 3.05) is 7.05 Å². The van der Waals surface area contributed by atoms with Crippen molar-refractivity contribution in [2.45, 2.75) is 13.5 Å². The molecule has 3 rings (SSSR count). The molecule has 0 aliphatic carbocycles. The van der Waals surface area contributed by atoms with Crippen LogP contribution in [0.5, 0.6) is 0 Å². The molecule has 0 saturated carbocycles. The van der Waals surface area contributed by atoms with Gasteiger partial charge in [0.1, 0.15) is 4.88 Å².